The van der Waals surface area contributed by atoms with Crippen LogP contribution < -0.4 is 11.1 Å². The molecule has 0 saturated heterocycles. The summed E-state index contributed by atoms with van der Waals surface area (Å²) in [6, 6.07) is 5.91. The van der Waals surface area contributed by atoms with Crippen molar-refractivity contribution < 1.29 is 9.47 Å². The zero-order chi connectivity index (χ0) is 12.0. The van der Waals surface area contributed by atoms with Gasteiger partial charge in [0, 0.05) is 20.8 Å². The van der Waals surface area contributed by atoms with E-state index >= 15 is 0 Å². The van der Waals surface area contributed by atoms with Gasteiger partial charge < -0.3 is 20.5 Å². The molecule has 0 saturated carbocycles. The molecule has 90 valence electrons. The highest BCUT2D eigenvalue weighted by Crippen LogP contribution is 2.19. The van der Waals surface area contributed by atoms with Gasteiger partial charge in [-0.25, -0.2) is 0 Å². The van der Waals surface area contributed by atoms with Crippen molar-refractivity contribution in [3.05, 3.63) is 23.8 Å². The number of nitrogens with two attached hydrogens (primary N) is 1. The van der Waals surface area contributed by atoms with Crippen molar-refractivity contribution in [1.29, 1.82) is 0 Å². The molecular formula is C12H20N2O2. The molecule has 0 aliphatic heterocycles. The molecule has 0 aromatic heterocycles. The molecule has 4 heteroatoms. The standard InChI is InChI=1S/C12H20N2O2/c1-9-4-5-11(13)12(6-9)14-7-10(16-3)8-15-2/h4-6,10,14H,7-8,13H2,1-3H3. The highest BCUT2D eigenvalue weighted by molar-refractivity contribution is 5.66. The zero-order valence-corrected chi connectivity index (χ0v) is 10.1. The minimum Gasteiger partial charge on any atom is -0.397 e. The zero-order valence-electron chi connectivity index (χ0n) is 10.1. The maximum absolute atomic E-state index is 5.86. The van der Waals surface area contributed by atoms with Crippen molar-refractivity contribution in [3.8, 4) is 0 Å². The van der Waals surface area contributed by atoms with Crippen LogP contribution in [0, 0.1) is 6.92 Å². The smallest absolute Gasteiger partial charge is 0.0976 e. The van der Waals surface area contributed by atoms with Gasteiger partial charge in [0.2, 0.25) is 0 Å². The third-order valence-corrected chi connectivity index (χ3v) is 2.41. The summed E-state index contributed by atoms with van der Waals surface area (Å²) in [5.74, 6) is 0. The molecule has 1 aromatic rings. The van der Waals surface area contributed by atoms with E-state index < -0.39 is 0 Å². The van der Waals surface area contributed by atoms with Gasteiger partial charge >= 0.3 is 0 Å². The molecule has 1 unspecified atom stereocenters. The van der Waals surface area contributed by atoms with Crippen molar-refractivity contribution in [3.63, 3.8) is 0 Å². The molecular weight excluding hydrogens is 204 g/mol. The highest BCUT2D eigenvalue weighted by atomic mass is 16.5. The Morgan fingerprint density at radius 1 is 1.38 bits per heavy atom. The van der Waals surface area contributed by atoms with Gasteiger partial charge in [0.05, 0.1) is 24.1 Å². The fraction of sp³-hybridized carbons (Fsp3) is 0.500. The SMILES string of the molecule is COCC(CNc1cc(C)ccc1N)OC. The van der Waals surface area contributed by atoms with Crippen molar-refractivity contribution in [2.45, 2.75) is 13.0 Å². The quantitative estimate of drug-likeness (QED) is 0.721. The van der Waals surface area contributed by atoms with Crippen LogP contribution in [0.5, 0.6) is 0 Å². The molecule has 1 aromatic carbocycles. The summed E-state index contributed by atoms with van der Waals surface area (Å²) in [4.78, 5) is 0. The van der Waals surface area contributed by atoms with Gasteiger partial charge in [-0.05, 0) is 24.6 Å². The Labute approximate surface area is 96.7 Å². The minimum absolute atomic E-state index is 0.0323. The molecule has 0 heterocycles. The third-order valence-electron chi connectivity index (χ3n) is 2.41. The Morgan fingerprint density at radius 3 is 2.75 bits per heavy atom. The van der Waals surface area contributed by atoms with Gasteiger partial charge in [-0.15, -0.1) is 0 Å². The molecule has 0 aliphatic carbocycles. The number of anilines is 2. The average molecular weight is 224 g/mol. The summed E-state index contributed by atoms with van der Waals surface area (Å²) >= 11 is 0. The van der Waals surface area contributed by atoms with Crippen LogP contribution in [0.25, 0.3) is 0 Å². The fourth-order valence-corrected chi connectivity index (χ4v) is 1.44. The summed E-state index contributed by atoms with van der Waals surface area (Å²) in [5.41, 5.74) is 8.73. The molecule has 0 amide bonds. The first-order valence-corrected chi connectivity index (χ1v) is 5.29. The summed E-state index contributed by atoms with van der Waals surface area (Å²) in [5, 5.41) is 3.26. The number of methoxy groups -OCH3 is 2. The van der Waals surface area contributed by atoms with E-state index in [1.165, 1.54) is 5.56 Å². The molecule has 0 radical (unpaired) electrons. The first kappa shape index (κ1) is 12.8. The summed E-state index contributed by atoms with van der Waals surface area (Å²) in [6.07, 6.45) is 0.0323. The van der Waals surface area contributed by atoms with Crippen molar-refractivity contribution in [2.24, 2.45) is 0 Å². The lowest BCUT2D eigenvalue weighted by atomic mass is 10.2. The lowest BCUT2D eigenvalue weighted by Crippen LogP contribution is -2.26. The summed E-state index contributed by atoms with van der Waals surface area (Å²) < 4.78 is 10.3. The van der Waals surface area contributed by atoms with Crippen LogP contribution in [0.3, 0.4) is 0 Å². The molecule has 0 fully saturated rings. The van der Waals surface area contributed by atoms with Crippen LogP contribution in [0.2, 0.25) is 0 Å². The van der Waals surface area contributed by atoms with E-state index in [1.54, 1.807) is 14.2 Å². The molecule has 0 aliphatic rings. The van der Waals surface area contributed by atoms with E-state index in [0.717, 1.165) is 11.4 Å². The van der Waals surface area contributed by atoms with Gasteiger partial charge in [0.15, 0.2) is 0 Å². The second kappa shape index (κ2) is 6.35. The molecule has 16 heavy (non-hydrogen) atoms. The maximum Gasteiger partial charge on any atom is 0.0976 e. The normalized spacial score (nSPS) is 12.4. The molecule has 0 spiro atoms. The number of hydrogen-bond acceptors (Lipinski definition) is 4. The van der Waals surface area contributed by atoms with Gasteiger partial charge in [0.1, 0.15) is 0 Å². The number of aryl methyl sites for hydroxylation is 1. The highest BCUT2D eigenvalue weighted by Gasteiger charge is 2.07. The summed E-state index contributed by atoms with van der Waals surface area (Å²) in [7, 11) is 3.33. The topological polar surface area (TPSA) is 56.5 Å². The van der Waals surface area contributed by atoms with Crippen molar-refractivity contribution in [2.75, 3.05) is 38.4 Å². The van der Waals surface area contributed by atoms with E-state index in [1.807, 2.05) is 25.1 Å². The van der Waals surface area contributed by atoms with Crippen LogP contribution >= 0.6 is 0 Å². The number of ether oxygens (including phenoxy) is 2. The molecule has 1 atom stereocenters. The Kier molecular flexibility index (Phi) is 5.08. The Hall–Kier alpha value is -1.26. The molecule has 4 nitrogen and oxygen atoms in total. The van der Waals surface area contributed by atoms with Crippen LogP contribution in [0.15, 0.2) is 18.2 Å². The van der Waals surface area contributed by atoms with E-state index in [4.69, 9.17) is 15.2 Å². The Balaban J connectivity index is 2.55. The second-order valence-electron chi connectivity index (χ2n) is 3.78. The first-order chi connectivity index (χ1) is 7.67. The Morgan fingerprint density at radius 2 is 2.12 bits per heavy atom. The lowest BCUT2D eigenvalue weighted by molar-refractivity contribution is 0.0366. The minimum atomic E-state index is 0.0323. The largest absolute Gasteiger partial charge is 0.397 e. The van der Waals surface area contributed by atoms with Gasteiger partial charge in [-0.1, -0.05) is 6.07 Å². The van der Waals surface area contributed by atoms with Crippen LogP contribution in [-0.4, -0.2) is 33.5 Å². The second-order valence-corrected chi connectivity index (χ2v) is 3.78. The molecule has 0 bridgehead atoms. The molecule has 1 rings (SSSR count). The molecule has 3 N–H and O–H groups in total. The lowest BCUT2D eigenvalue weighted by Gasteiger charge is -2.17. The average Bonchev–Trinajstić information content (AvgIpc) is 2.28. The van der Waals surface area contributed by atoms with E-state index in [2.05, 4.69) is 5.32 Å². The van der Waals surface area contributed by atoms with E-state index in [-0.39, 0.29) is 6.10 Å². The number of benzene rings is 1. The predicted octanol–water partition coefficient (Wildman–Crippen LogP) is 1.65. The third kappa shape index (κ3) is 3.72. The van der Waals surface area contributed by atoms with Crippen LogP contribution in [0.4, 0.5) is 11.4 Å². The first-order valence-electron chi connectivity index (χ1n) is 5.29. The fourth-order valence-electron chi connectivity index (χ4n) is 1.44. The maximum atomic E-state index is 5.86. The predicted molar refractivity (Wildman–Crippen MR) is 66.8 cm³/mol. The van der Waals surface area contributed by atoms with Crippen molar-refractivity contribution in [1.82, 2.24) is 0 Å². The van der Waals surface area contributed by atoms with Gasteiger partial charge in [-0.3, -0.25) is 0 Å². The summed E-state index contributed by atoms with van der Waals surface area (Å²) in [6.45, 7) is 3.28. The van der Waals surface area contributed by atoms with E-state index in [9.17, 15) is 0 Å². The van der Waals surface area contributed by atoms with E-state index in [0.29, 0.717) is 13.2 Å². The monoisotopic (exact) mass is 224 g/mol. The number of rotatable bonds is 6. The van der Waals surface area contributed by atoms with Gasteiger partial charge in [-0.2, -0.15) is 0 Å². The van der Waals surface area contributed by atoms with Crippen LogP contribution in [-0.2, 0) is 9.47 Å². The number of nitrogen functional groups attached to an aromatic ring is 1. The van der Waals surface area contributed by atoms with Gasteiger partial charge in [0.25, 0.3) is 0 Å². The van der Waals surface area contributed by atoms with Crippen molar-refractivity contribution >= 4 is 11.4 Å². The number of hydrogen-bond donors (Lipinski definition) is 2. The number of nitrogens with one attached hydrogen (secondary N) is 1. The van der Waals surface area contributed by atoms with Crippen LogP contribution in [0.1, 0.15) is 5.56 Å². The Bertz CT molecular complexity index is 329.